The zero-order chi connectivity index (χ0) is 15.8. The zero-order valence-electron chi connectivity index (χ0n) is 11.1. The van der Waals surface area contributed by atoms with Crippen molar-refractivity contribution >= 4 is 11.4 Å². The van der Waals surface area contributed by atoms with Gasteiger partial charge in [0.15, 0.2) is 0 Å². The monoisotopic (exact) mass is 285 g/mol. The van der Waals surface area contributed by atoms with Crippen LogP contribution in [0.5, 0.6) is 0 Å². The molecule has 0 N–H and O–H groups in total. The fourth-order valence-corrected chi connectivity index (χ4v) is 1.52. The lowest BCUT2D eigenvalue weighted by atomic mass is 10.1. The minimum absolute atomic E-state index is 0.0810. The summed E-state index contributed by atoms with van der Waals surface area (Å²) in [5.74, 6) is 0. The van der Waals surface area contributed by atoms with Crippen molar-refractivity contribution in [2.75, 3.05) is 0 Å². The standard InChI is InChI=1S/C7H6N2O4.C7H5N/c1-5-6(8(10)11)3-2-4-7(5)9(12)13;8-6-7-4-2-1-3-5-7/h2-4H,1H3;1-5H. The Kier molecular flexibility index (Phi) is 5.53. The second kappa shape index (κ2) is 7.35. The fraction of sp³-hybridized carbons (Fsp3) is 0.0714. The average Bonchev–Trinajstić information content (AvgIpc) is 2.48. The van der Waals surface area contributed by atoms with Gasteiger partial charge < -0.3 is 0 Å². The van der Waals surface area contributed by atoms with Crippen LogP contribution in [0.2, 0.25) is 0 Å². The number of rotatable bonds is 2. The first-order chi connectivity index (χ1) is 9.97. The van der Waals surface area contributed by atoms with Crippen molar-refractivity contribution in [1.82, 2.24) is 0 Å². The molecule has 2 rings (SSSR count). The molecule has 7 nitrogen and oxygen atoms in total. The first kappa shape index (κ1) is 15.8. The van der Waals surface area contributed by atoms with Crippen molar-refractivity contribution in [2.24, 2.45) is 0 Å². The van der Waals surface area contributed by atoms with Crippen LogP contribution in [-0.2, 0) is 0 Å². The van der Waals surface area contributed by atoms with Crippen LogP contribution in [0.15, 0.2) is 48.5 Å². The summed E-state index contributed by atoms with van der Waals surface area (Å²) < 4.78 is 0. The second-order valence-electron chi connectivity index (χ2n) is 3.91. The third kappa shape index (κ3) is 4.40. The van der Waals surface area contributed by atoms with Crippen LogP contribution < -0.4 is 0 Å². The number of hydrogen-bond donors (Lipinski definition) is 0. The van der Waals surface area contributed by atoms with Crippen LogP contribution in [0.1, 0.15) is 11.1 Å². The predicted octanol–water partition coefficient (Wildman–Crippen LogP) is 3.37. The van der Waals surface area contributed by atoms with Crippen molar-refractivity contribution in [3.05, 3.63) is 79.9 Å². The van der Waals surface area contributed by atoms with Crippen molar-refractivity contribution < 1.29 is 9.85 Å². The Labute approximate surface area is 120 Å². The lowest BCUT2D eigenvalue weighted by Crippen LogP contribution is -1.96. The molecule has 0 radical (unpaired) electrons. The summed E-state index contributed by atoms with van der Waals surface area (Å²) in [4.78, 5) is 19.5. The number of hydrogen-bond acceptors (Lipinski definition) is 5. The Balaban J connectivity index is 0.000000235. The summed E-state index contributed by atoms with van der Waals surface area (Å²) in [7, 11) is 0. The summed E-state index contributed by atoms with van der Waals surface area (Å²) in [6, 6.07) is 14.9. The quantitative estimate of drug-likeness (QED) is 0.620. The van der Waals surface area contributed by atoms with E-state index in [1.807, 2.05) is 24.3 Å². The number of nitro groups is 2. The van der Waals surface area contributed by atoms with Gasteiger partial charge in [0, 0.05) is 12.1 Å². The highest BCUT2D eigenvalue weighted by molar-refractivity contribution is 5.52. The second-order valence-corrected chi connectivity index (χ2v) is 3.91. The van der Waals surface area contributed by atoms with Crippen LogP contribution >= 0.6 is 0 Å². The van der Waals surface area contributed by atoms with Crippen molar-refractivity contribution in [3.8, 4) is 6.07 Å². The molecule has 0 atom stereocenters. The number of benzene rings is 2. The van der Waals surface area contributed by atoms with E-state index in [1.54, 1.807) is 12.1 Å². The maximum Gasteiger partial charge on any atom is 0.279 e. The van der Waals surface area contributed by atoms with Gasteiger partial charge in [0.1, 0.15) is 5.56 Å². The van der Waals surface area contributed by atoms with E-state index in [0.29, 0.717) is 5.56 Å². The van der Waals surface area contributed by atoms with Gasteiger partial charge in [0.2, 0.25) is 0 Å². The summed E-state index contributed by atoms with van der Waals surface area (Å²) in [6.07, 6.45) is 0. The van der Waals surface area contributed by atoms with E-state index < -0.39 is 9.85 Å². The Morgan fingerprint density at radius 1 is 0.905 bits per heavy atom. The maximum atomic E-state index is 10.4. The van der Waals surface area contributed by atoms with Gasteiger partial charge in [-0.1, -0.05) is 18.2 Å². The van der Waals surface area contributed by atoms with Crippen molar-refractivity contribution in [3.63, 3.8) is 0 Å². The van der Waals surface area contributed by atoms with E-state index in [2.05, 4.69) is 0 Å². The molecule has 0 unspecified atom stereocenters. The molecular formula is C14H11N3O4. The van der Waals surface area contributed by atoms with Gasteiger partial charge >= 0.3 is 0 Å². The van der Waals surface area contributed by atoms with Gasteiger partial charge in [-0.05, 0) is 25.1 Å². The SMILES string of the molecule is Cc1c([N+](=O)[O-])cccc1[N+](=O)[O-].N#Cc1ccccc1. The van der Waals surface area contributed by atoms with Gasteiger partial charge in [0.25, 0.3) is 11.4 Å². The number of nitrogens with zero attached hydrogens (tertiary/aromatic N) is 3. The highest BCUT2D eigenvalue weighted by Crippen LogP contribution is 2.26. The van der Waals surface area contributed by atoms with Crippen LogP contribution in [0, 0.1) is 38.5 Å². The first-order valence-electron chi connectivity index (χ1n) is 5.81. The molecule has 0 saturated carbocycles. The Morgan fingerprint density at radius 3 is 1.71 bits per heavy atom. The minimum Gasteiger partial charge on any atom is -0.258 e. The van der Waals surface area contributed by atoms with E-state index in [4.69, 9.17) is 5.26 Å². The molecule has 0 aromatic heterocycles. The molecule has 0 spiro atoms. The average molecular weight is 285 g/mol. The molecule has 0 heterocycles. The normalized spacial score (nSPS) is 8.95. The summed E-state index contributed by atoms with van der Waals surface area (Å²) in [6.45, 7) is 1.36. The van der Waals surface area contributed by atoms with Crippen molar-refractivity contribution in [1.29, 1.82) is 5.26 Å². The molecule has 0 fully saturated rings. The largest absolute Gasteiger partial charge is 0.279 e. The van der Waals surface area contributed by atoms with E-state index in [-0.39, 0.29) is 16.9 Å². The molecule has 106 valence electrons. The van der Waals surface area contributed by atoms with E-state index in [0.717, 1.165) is 0 Å². The van der Waals surface area contributed by atoms with E-state index in [1.165, 1.54) is 25.1 Å². The number of nitriles is 1. The molecule has 2 aromatic carbocycles. The number of nitro benzene ring substituents is 2. The lowest BCUT2D eigenvalue weighted by molar-refractivity contribution is -0.395. The predicted molar refractivity (Wildman–Crippen MR) is 75.6 cm³/mol. The molecule has 0 amide bonds. The fourth-order valence-electron chi connectivity index (χ4n) is 1.52. The molecular weight excluding hydrogens is 274 g/mol. The van der Waals surface area contributed by atoms with Crippen molar-refractivity contribution in [2.45, 2.75) is 6.92 Å². The highest BCUT2D eigenvalue weighted by atomic mass is 16.6. The summed E-state index contributed by atoms with van der Waals surface area (Å²) in [5.41, 5.74) is 0.341. The van der Waals surface area contributed by atoms with Gasteiger partial charge in [-0.15, -0.1) is 0 Å². The molecule has 2 aromatic rings. The lowest BCUT2D eigenvalue weighted by Gasteiger charge is -1.96. The van der Waals surface area contributed by atoms with Gasteiger partial charge in [0.05, 0.1) is 21.5 Å². The van der Waals surface area contributed by atoms with Gasteiger partial charge in [-0.25, -0.2) is 0 Å². The van der Waals surface area contributed by atoms with Crippen LogP contribution in [0.25, 0.3) is 0 Å². The van der Waals surface area contributed by atoms with E-state index in [9.17, 15) is 20.2 Å². The molecule has 7 heteroatoms. The molecule has 0 saturated heterocycles. The van der Waals surface area contributed by atoms with Gasteiger partial charge in [-0.2, -0.15) is 5.26 Å². The Morgan fingerprint density at radius 2 is 1.38 bits per heavy atom. The molecule has 0 aliphatic heterocycles. The summed E-state index contributed by atoms with van der Waals surface area (Å²) in [5, 5.41) is 29.0. The highest BCUT2D eigenvalue weighted by Gasteiger charge is 2.19. The molecule has 0 bridgehead atoms. The molecule has 0 aliphatic carbocycles. The smallest absolute Gasteiger partial charge is 0.258 e. The zero-order valence-corrected chi connectivity index (χ0v) is 11.1. The topological polar surface area (TPSA) is 110 Å². The maximum absolute atomic E-state index is 10.4. The summed E-state index contributed by atoms with van der Waals surface area (Å²) >= 11 is 0. The Bertz CT molecular complexity index is 661. The van der Waals surface area contributed by atoms with Crippen LogP contribution in [-0.4, -0.2) is 9.85 Å². The third-order valence-electron chi connectivity index (χ3n) is 2.57. The van der Waals surface area contributed by atoms with Crippen LogP contribution in [0.4, 0.5) is 11.4 Å². The Hall–Kier alpha value is -3.27. The molecule has 0 aliphatic rings. The first-order valence-corrected chi connectivity index (χ1v) is 5.81. The third-order valence-corrected chi connectivity index (χ3v) is 2.57. The van der Waals surface area contributed by atoms with E-state index >= 15 is 0 Å². The van der Waals surface area contributed by atoms with Crippen LogP contribution in [0.3, 0.4) is 0 Å². The van der Waals surface area contributed by atoms with Gasteiger partial charge in [-0.3, -0.25) is 20.2 Å². The minimum atomic E-state index is -0.637. The molecule has 21 heavy (non-hydrogen) atoms.